The zero-order chi connectivity index (χ0) is 27.5. The number of carboxylic acids is 1. The van der Waals surface area contributed by atoms with Crippen LogP contribution in [0.15, 0.2) is 12.3 Å². The van der Waals surface area contributed by atoms with Crippen LogP contribution in [0.25, 0.3) is 0 Å². The van der Waals surface area contributed by atoms with Crippen molar-refractivity contribution >= 4 is 52.8 Å². The third kappa shape index (κ3) is 9.57. The fourth-order valence-electron chi connectivity index (χ4n) is 2.89. The van der Waals surface area contributed by atoms with Gasteiger partial charge in [0.2, 0.25) is 23.6 Å². The van der Waals surface area contributed by atoms with Crippen molar-refractivity contribution in [1.29, 1.82) is 0 Å². The number of halogens is 2. The largest absolute Gasteiger partial charge is 0.484 e. The summed E-state index contributed by atoms with van der Waals surface area (Å²) in [7, 11) is 0. The van der Waals surface area contributed by atoms with Gasteiger partial charge in [-0.05, 0) is 25.0 Å². The first-order chi connectivity index (χ1) is 17.5. The maximum absolute atomic E-state index is 11.9. The minimum atomic E-state index is -1.21. The maximum atomic E-state index is 11.9. The van der Waals surface area contributed by atoms with Gasteiger partial charge < -0.3 is 31.5 Å². The van der Waals surface area contributed by atoms with Crippen LogP contribution in [0, 0.1) is 6.92 Å². The number of hydrogen-bond acceptors (Lipinski definition) is 8. The summed E-state index contributed by atoms with van der Waals surface area (Å²) in [6.07, 6.45) is 2.13. The first-order valence-electron chi connectivity index (χ1n) is 10.8. The molecule has 0 saturated carbocycles. The number of aliphatic carboxylic acids is 1. The topological polar surface area (TPSA) is 208 Å². The fraction of sp³-hybridized carbons (Fsp3) is 0.381. The van der Waals surface area contributed by atoms with E-state index in [9.17, 15) is 24.0 Å². The van der Waals surface area contributed by atoms with Gasteiger partial charge in [-0.1, -0.05) is 28.4 Å². The quantitative estimate of drug-likeness (QED) is 0.207. The summed E-state index contributed by atoms with van der Waals surface area (Å²) in [5.74, 6) is -3.33. The number of carbonyl (C=O) groups excluding carboxylic acids is 4. The van der Waals surface area contributed by atoms with Crippen molar-refractivity contribution in [2.75, 3.05) is 19.6 Å². The molecule has 14 nitrogen and oxygen atoms in total. The van der Waals surface area contributed by atoms with Crippen LogP contribution in [0.2, 0.25) is 10.0 Å². The number of nitrogens with two attached hydrogens (primary N) is 1. The predicted molar refractivity (Wildman–Crippen MR) is 130 cm³/mol. The van der Waals surface area contributed by atoms with Crippen LogP contribution in [0.4, 0.5) is 0 Å². The predicted octanol–water partition coefficient (Wildman–Crippen LogP) is -0.215. The van der Waals surface area contributed by atoms with E-state index in [4.69, 9.17) is 38.8 Å². The van der Waals surface area contributed by atoms with Crippen LogP contribution in [0.1, 0.15) is 34.5 Å². The highest BCUT2D eigenvalue weighted by molar-refractivity contribution is 6.38. The molecule has 0 radical (unpaired) electrons. The number of nitrogens with zero attached hydrogens (tertiary/aromatic N) is 3. The SMILES string of the molecule is Cc1c(C(N)=O)cc(Cl)c(OCc2cn(CCCC(=O)NCC(=O)NCC(=O)NCC(=O)O)nn2)c1Cl. The number of aryl methyl sites for hydroxylation is 1. The van der Waals surface area contributed by atoms with Gasteiger partial charge in [0.1, 0.15) is 18.8 Å². The van der Waals surface area contributed by atoms with Gasteiger partial charge in [0.05, 0.1) is 29.3 Å². The lowest BCUT2D eigenvalue weighted by Gasteiger charge is -2.13. The second-order valence-corrected chi connectivity index (χ2v) is 8.41. The molecule has 0 spiro atoms. The Bertz CT molecular complexity index is 1190. The van der Waals surface area contributed by atoms with Crippen molar-refractivity contribution in [2.24, 2.45) is 5.73 Å². The summed E-state index contributed by atoms with van der Waals surface area (Å²) in [4.78, 5) is 56.7. The molecule has 1 heterocycles. The number of rotatable bonds is 14. The van der Waals surface area contributed by atoms with Crippen LogP contribution in [0.5, 0.6) is 5.75 Å². The minimum Gasteiger partial charge on any atom is -0.484 e. The van der Waals surface area contributed by atoms with Crippen LogP contribution < -0.4 is 26.4 Å². The lowest BCUT2D eigenvalue weighted by molar-refractivity contribution is -0.137. The molecule has 0 aliphatic heterocycles. The van der Waals surface area contributed by atoms with Gasteiger partial charge in [-0.15, -0.1) is 5.10 Å². The molecule has 16 heteroatoms. The van der Waals surface area contributed by atoms with E-state index in [0.717, 1.165) is 0 Å². The normalized spacial score (nSPS) is 10.5. The van der Waals surface area contributed by atoms with E-state index in [-0.39, 0.29) is 46.8 Å². The average molecular weight is 558 g/mol. The van der Waals surface area contributed by atoms with E-state index in [1.165, 1.54) is 10.7 Å². The van der Waals surface area contributed by atoms with E-state index in [2.05, 4.69) is 26.3 Å². The monoisotopic (exact) mass is 557 g/mol. The molecule has 2 rings (SSSR count). The van der Waals surface area contributed by atoms with Crippen molar-refractivity contribution in [3.05, 3.63) is 39.1 Å². The number of hydrogen-bond donors (Lipinski definition) is 5. The fourth-order valence-corrected chi connectivity index (χ4v) is 3.45. The molecule has 0 unspecified atom stereocenters. The van der Waals surface area contributed by atoms with Gasteiger partial charge in [0.25, 0.3) is 0 Å². The van der Waals surface area contributed by atoms with Gasteiger partial charge in [0, 0.05) is 18.5 Å². The highest BCUT2D eigenvalue weighted by Gasteiger charge is 2.18. The Morgan fingerprint density at radius 1 is 1.05 bits per heavy atom. The Labute approximate surface area is 220 Å². The molecular weight excluding hydrogens is 533 g/mol. The summed E-state index contributed by atoms with van der Waals surface area (Å²) in [5, 5.41) is 23.4. The van der Waals surface area contributed by atoms with E-state index in [1.54, 1.807) is 13.1 Å². The third-order valence-electron chi connectivity index (χ3n) is 4.76. The second-order valence-electron chi connectivity index (χ2n) is 7.63. The molecule has 0 fully saturated rings. The van der Waals surface area contributed by atoms with E-state index >= 15 is 0 Å². The van der Waals surface area contributed by atoms with Gasteiger partial charge in [-0.3, -0.25) is 28.7 Å². The zero-order valence-electron chi connectivity index (χ0n) is 19.7. The Balaban J connectivity index is 1.71. The van der Waals surface area contributed by atoms with Gasteiger partial charge in [-0.25, -0.2) is 0 Å². The molecular formula is C21H25Cl2N7O7. The van der Waals surface area contributed by atoms with Crippen LogP contribution in [-0.2, 0) is 32.3 Å². The molecule has 6 N–H and O–H groups in total. The number of aromatic nitrogens is 3. The molecule has 0 aliphatic rings. The van der Waals surface area contributed by atoms with Crippen molar-refractivity contribution in [1.82, 2.24) is 30.9 Å². The Kier molecular flexibility index (Phi) is 11.1. The van der Waals surface area contributed by atoms with Gasteiger partial charge in [-0.2, -0.15) is 0 Å². The van der Waals surface area contributed by atoms with Crippen molar-refractivity contribution < 1.29 is 33.8 Å². The Morgan fingerprint density at radius 3 is 2.30 bits per heavy atom. The average Bonchev–Trinajstić information content (AvgIpc) is 3.29. The van der Waals surface area contributed by atoms with E-state index in [1.807, 2.05) is 0 Å². The molecule has 1 aromatic heterocycles. The highest BCUT2D eigenvalue weighted by atomic mass is 35.5. The van der Waals surface area contributed by atoms with Crippen molar-refractivity contribution in [2.45, 2.75) is 32.9 Å². The molecule has 0 saturated heterocycles. The maximum Gasteiger partial charge on any atom is 0.322 e. The number of ether oxygens (including phenoxy) is 1. The molecule has 1 aromatic carbocycles. The number of carbonyl (C=O) groups is 5. The molecule has 37 heavy (non-hydrogen) atoms. The number of primary amides is 1. The minimum absolute atomic E-state index is 0.00126. The van der Waals surface area contributed by atoms with Crippen LogP contribution >= 0.6 is 23.2 Å². The number of benzene rings is 1. The summed E-state index contributed by atoms with van der Waals surface area (Å²) < 4.78 is 7.17. The number of nitrogens with one attached hydrogen (secondary N) is 3. The standard InChI is InChI=1S/C21H25Cl2N7O7/c1-11-13(21(24)36)5-14(22)20(19(11)23)37-10-12-9-30(29-28-12)4-2-3-15(31)25-6-16(32)26-7-17(33)27-8-18(34)35/h5,9H,2-4,6-8,10H2,1H3,(H2,24,36)(H,25,31)(H,26,32)(H,27,33)(H,34,35). The zero-order valence-corrected chi connectivity index (χ0v) is 21.2. The van der Waals surface area contributed by atoms with Crippen LogP contribution in [0.3, 0.4) is 0 Å². The summed E-state index contributed by atoms with van der Waals surface area (Å²) in [6, 6.07) is 1.38. The Morgan fingerprint density at radius 2 is 1.68 bits per heavy atom. The third-order valence-corrected chi connectivity index (χ3v) is 5.49. The van der Waals surface area contributed by atoms with Crippen molar-refractivity contribution in [3.8, 4) is 5.75 Å². The summed E-state index contributed by atoms with van der Waals surface area (Å²) in [5.41, 5.74) is 6.41. The second kappa shape index (κ2) is 14.0. The lowest BCUT2D eigenvalue weighted by Crippen LogP contribution is -2.42. The first kappa shape index (κ1) is 29.3. The molecule has 4 amide bonds. The van der Waals surface area contributed by atoms with E-state index < -0.39 is 36.8 Å². The highest BCUT2D eigenvalue weighted by Crippen LogP contribution is 2.37. The van der Waals surface area contributed by atoms with Gasteiger partial charge in [0.15, 0.2) is 5.75 Å². The molecule has 2 aromatic rings. The van der Waals surface area contributed by atoms with Crippen LogP contribution in [-0.4, -0.2) is 69.3 Å². The molecule has 0 bridgehead atoms. The number of carboxylic acid groups (broad SMARTS) is 1. The van der Waals surface area contributed by atoms with E-state index in [0.29, 0.717) is 24.2 Å². The molecule has 200 valence electrons. The Hall–Kier alpha value is -3.91. The molecule has 0 atom stereocenters. The summed E-state index contributed by atoms with van der Waals surface area (Å²) in [6.45, 7) is 0.690. The number of amides is 4. The van der Waals surface area contributed by atoms with Crippen molar-refractivity contribution in [3.63, 3.8) is 0 Å². The van der Waals surface area contributed by atoms with Gasteiger partial charge >= 0.3 is 5.97 Å². The smallest absolute Gasteiger partial charge is 0.322 e. The lowest BCUT2D eigenvalue weighted by atomic mass is 10.1. The first-order valence-corrected chi connectivity index (χ1v) is 11.6. The molecule has 0 aliphatic carbocycles. The summed E-state index contributed by atoms with van der Waals surface area (Å²) >= 11 is 12.4.